The Bertz CT molecular complexity index is 524. The Hall–Kier alpha value is -1.39. The molecule has 0 bridgehead atoms. The zero-order valence-electron chi connectivity index (χ0n) is 9.40. The number of halogens is 2. The summed E-state index contributed by atoms with van der Waals surface area (Å²) in [4.78, 5) is 0. The van der Waals surface area contributed by atoms with Gasteiger partial charge in [-0.3, -0.25) is 4.68 Å². The molecule has 0 spiro atoms. The van der Waals surface area contributed by atoms with Gasteiger partial charge in [-0.15, -0.1) is 0 Å². The molecular formula is C12H13ClFN3. The third kappa shape index (κ3) is 2.65. The van der Waals surface area contributed by atoms with Crippen molar-refractivity contribution < 1.29 is 4.39 Å². The summed E-state index contributed by atoms with van der Waals surface area (Å²) in [5.74, 6) is -0.439. The van der Waals surface area contributed by atoms with Gasteiger partial charge >= 0.3 is 0 Å². The van der Waals surface area contributed by atoms with Crippen molar-refractivity contribution in [1.82, 2.24) is 9.78 Å². The highest BCUT2D eigenvalue weighted by molar-refractivity contribution is 6.31. The summed E-state index contributed by atoms with van der Waals surface area (Å²) in [7, 11) is 1.84. The van der Waals surface area contributed by atoms with Crippen LogP contribution in [0.15, 0.2) is 30.6 Å². The third-order valence-corrected chi connectivity index (χ3v) is 2.99. The molecule has 90 valence electrons. The fourth-order valence-corrected chi connectivity index (χ4v) is 2.01. The summed E-state index contributed by atoms with van der Waals surface area (Å²) in [6.07, 6.45) is 4.21. The summed E-state index contributed by atoms with van der Waals surface area (Å²) in [6, 6.07) is 4.34. The molecule has 2 aromatic rings. The van der Waals surface area contributed by atoms with Crippen LogP contribution >= 0.6 is 11.6 Å². The quantitative estimate of drug-likeness (QED) is 0.913. The van der Waals surface area contributed by atoms with E-state index in [1.165, 1.54) is 6.07 Å². The van der Waals surface area contributed by atoms with Gasteiger partial charge in [0, 0.05) is 19.3 Å². The molecule has 17 heavy (non-hydrogen) atoms. The maximum atomic E-state index is 13.3. The summed E-state index contributed by atoms with van der Waals surface area (Å²) in [5, 5.41) is 4.16. The summed E-state index contributed by atoms with van der Waals surface area (Å²) < 4.78 is 15.0. The van der Waals surface area contributed by atoms with E-state index in [2.05, 4.69) is 5.10 Å². The first-order valence-electron chi connectivity index (χ1n) is 5.25. The fourth-order valence-electron chi connectivity index (χ4n) is 1.75. The first kappa shape index (κ1) is 12.1. The standard InChI is InChI=1S/C12H13ClFN3/c1-17-7-8(6-16-17)5-11(15)9-3-2-4-10(14)12(9)13/h2-4,6-7,11H,5,15H2,1H3. The molecule has 1 aromatic heterocycles. The van der Waals surface area contributed by atoms with Gasteiger partial charge < -0.3 is 5.73 Å². The number of nitrogens with zero attached hydrogens (tertiary/aromatic N) is 2. The molecule has 1 atom stereocenters. The molecule has 0 saturated heterocycles. The van der Waals surface area contributed by atoms with Crippen LogP contribution in [0.1, 0.15) is 17.2 Å². The van der Waals surface area contributed by atoms with Crippen LogP contribution < -0.4 is 5.73 Å². The molecule has 0 radical (unpaired) electrons. The average Bonchev–Trinajstić information content (AvgIpc) is 2.68. The lowest BCUT2D eigenvalue weighted by Crippen LogP contribution is -2.14. The van der Waals surface area contributed by atoms with E-state index in [0.717, 1.165) is 5.56 Å². The highest BCUT2D eigenvalue weighted by Gasteiger charge is 2.14. The predicted molar refractivity (Wildman–Crippen MR) is 65.3 cm³/mol. The van der Waals surface area contributed by atoms with Crippen molar-refractivity contribution >= 4 is 11.6 Å². The van der Waals surface area contributed by atoms with Gasteiger partial charge in [-0.05, 0) is 23.6 Å². The third-order valence-electron chi connectivity index (χ3n) is 2.59. The van der Waals surface area contributed by atoms with Gasteiger partial charge in [-0.25, -0.2) is 4.39 Å². The van der Waals surface area contributed by atoms with Crippen molar-refractivity contribution in [2.45, 2.75) is 12.5 Å². The normalized spacial score (nSPS) is 12.7. The molecule has 2 N–H and O–H groups in total. The number of rotatable bonds is 3. The predicted octanol–water partition coefficient (Wildman–Crippen LogP) is 2.46. The van der Waals surface area contributed by atoms with Crippen molar-refractivity contribution in [2.24, 2.45) is 12.8 Å². The zero-order valence-corrected chi connectivity index (χ0v) is 10.2. The largest absolute Gasteiger partial charge is 0.324 e. The molecule has 0 aliphatic carbocycles. The first-order valence-corrected chi connectivity index (χ1v) is 5.62. The Kier molecular flexibility index (Phi) is 3.45. The van der Waals surface area contributed by atoms with Gasteiger partial charge in [-0.1, -0.05) is 23.7 Å². The molecule has 5 heteroatoms. The lowest BCUT2D eigenvalue weighted by molar-refractivity contribution is 0.619. The lowest BCUT2D eigenvalue weighted by Gasteiger charge is -2.12. The molecule has 2 rings (SSSR count). The van der Waals surface area contributed by atoms with E-state index >= 15 is 0 Å². The van der Waals surface area contributed by atoms with Crippen LogP contribution in [0.3, 0.4) is 0 Å². The number of benzene rings is 1. The minimum absolute atomic E-state index is 0.101. The Balaban J connectivity index is 2.20. The molecule has 0 saturated carbocycles. The highest BCUT2D eigenvalue weighted by Crippen LogP contribution is 2.26. The molecule has 0 aliphatic rings. The monoisotopic (exact) mass is 253 g/mol. The molecule has 1 aromatic carbocycles. The Morgan fingerprint density at radius 3 is 2.94 bits per heavy atom. The van der Waals surface area contributed by atoms with E-state index in [0.29, 0.717) is 12.0 Å². The van der Waals surface area contributed by atoms with Crippen LogP contribution in [0.2, 0.25) is 5.02 Å². The number of nitrogens with two attached hydrogens (primary N) is 1. The number of aromatic nitrogens is 2. The highest BCUT2D eigenvalue weighted by atomic mass is 35.5. The molecular weight excluding hydrogens is 241 g/mol. The van der Waals surface area contributed by atoms with Crippen LogP contribution in [0.25, 0.3) is 0 Å². The van der Waals surface area contributed by atoms with Crippen molar-refractivity contribution in [1.29, 1.82) is 0 Å². The van der Waals surface area contributed by atoms with E-state index in [4.69, 9.17) is 17.3 Å². The zero-order chi connectivity index (χ0) is 12.4. The van der Waals surface area contributed by atoms with Crippen LogP contribution in [0, 0.1) is 5.82 Å². The van der Waals surface area contributed by atoms with E-state index < -0.39 is 5.82 Å². The molecule has 0 amide bonds. The molecule has 3 nitrogen and oxygen atoms in total. The second-order valence-corrected chi connectivity index (χ2v) is 4.35. The molecule has 1 unspecified atom stereocenters. The Morgan fingerprint density at radius 1 is 1.53 bits per heavy atom. The summed E-state index contributed by atoms with van der Waals surface area (Å²) >= 11 is 5.88. The van der Waals surface area contributed by atoms with Gasteiger partial charge in [0.2, 0.25) is 0 Å². The molecule has 1 heterocycles. The van der Waals surface area contributed by atoms with E-state index in [9.17, 15) is 4.39 Å². The number of aryl methyl sites for hydroxylation is 1. The van der Waals surface area contributed by atoms with E-state index in [1.54, 1.807) is 23.0 Å². The average molecular weight is 254 g/mol. The van der Waals surface area contributed by atoms with Gasteiger partial charge in [-0.2, -0.15) is 5.10 Å². The molecule has 0 fully saturated rings. The van der Waals surface area contributed by atoms with Crippen LogP contribution in [-0.2, 0) is 13.5 Å². The number of hydrogen-bond donors (Lipinski definition) is 1. The fraction of sp³-hybridized carbons (Fsp3) is 0.250. The SMILES string of the molecule is Cn1cc(CC(N)c2cccc(F)c2Cl)cn1. The van der Waals surface area contributed by atoms with Gasteiger partial charge in [0.25, 0.3) is 0 Å². The maximum Gasteiger partial charge on any atom is 0.142 e. The second-order valence-electron chi connectivity index (χ2n) is 3.98. The summed E-state index contributed by atoms with van der Waals surface area (Å²) in [6.45, 7) is 0. The van der Waals surface area contributed by atoms with Crippen LogP contribution in [-0.4, -0.2) is 9.78 Å². The lowest BCUT2D eigenvalue weighted by atomic mass is 10.0. The van der Waals surface area contributed by atoms with Crippen LogP contribution in [0.5, 0.6) is 0 Å². The minimum Gasteiger partial charge on any atom is -0.324 e. The van der Waals surface area contributed by atoms with Gasteiger partial charge in [0.05, 0.1) is 11.2 Å². The smallest absolute Gasteiger partial charge is 0.142 e. The Morgan fingerprint density at radius 2 is 2.29 bits per heavy atom. The first-order chi connectivity index (χ1) is 8.08. The molecule has 0 aliphatic heterocycles. The van der Waals surface area contributed by atoms with E-state index in [1.807, 2.05) is 13.2 Å². The van der Waals surface area contributed by atoms with Crippen molar-refractivity contribution in [3.8, 4) is 0 Å². The van der Waals surface area contributed by atoms with Gasteiger partial charge in [0.15, 0.2) is 0 Å². The second kappa shape index (κ2) is 4.85. The summed E-state index contributed by atoms with van der Waals surface area (Å²) in [5.41, 5.74) is 7.64. The topological polar surface area (TPSA) is 43.8 Å². The van der Waals surface area contributed by atoms with Crippen molar-refractivity contribution in [3.05, 3.63) is 52.6 Å². The van der Waals surface area contributed by atoms with Gasteiger partial charge in [0.1, 0.15) is 5.82 Å². The van der Waals surface area contributed by atoms with E-state index in [-0.39, 0.29) is 11.1 Å². The van der Waals surface area contributed by atoms with Crippen molar-refractivity contribution in [2.75, 3.05) is 0 Å². The maximum absolute atomic E-state index is 13.3. The van der Waals surface area contributed by atoms with Crippen LogP contribution in [0.4, 0.5) is 4.39 Å². The number of hydrogen-bond acceptors (Lipinski definition) is 2. The van der Waals surface area contributed by atoms with Crippen molar-refractivity contribution in [3.63, 3.8) is 0 Å². The minimum atomic E-state index is -0.439. The Labute approximate surface area is 104 Å².